The van der Waals surface area contributed by atoms with Gasteiger partial charge in [-0.1, -0.05) is 39.0 Å². The summed E-state index contributed by atoms with van der Waals surface area (Å²) in [6.45, 7) is 9.09. The van der Waals surface area contributed by atoms with Crippen LogP contribution in [-0.4, -0.2) is 25.0 Å². The van der Waals surface area contributed by atoms with Crippen LogP contribution in [0.4, 0.5) is 11.4 Å². The minimum atomic E-state index is -0.234. The van der Waals surface area contributed by atoms with Gasteiger partial charge in [0, 0.05) is 24.3 Å². The van der Waals surface area contributed by atoms with Gasteiger partial charge in [0.1, 0.15) is 5.75 Å². The number of hydrogen-bond donors (Lipinski definition) is 1. The number of hydrogen-bond acceptors (Lipinski definition) is 3. The van der Waals surface area contributed by atoms with Gasteiger partial charge in [0.25, 0.3) is 5.91 Å². The molecule has 0 aromatic heterocycles. The minimum Gasteiger partial charge on any atom is -0.484 e. The Balaban J connectivity index is 1.60. The summed E-state index contributed by atoms with van der Waals surface area (Å²) in [7, 11) is 0. The zero-order valence-corrected chi connectivity index (χ0v) is 17.0. The van der Waals surface area contributed by atoms with Crippen molar-refractivity contribution < 1.29 is 14.3 Å². The topological polar surface area (TPSA) is 58.6 Å². The second-order valence-electron chi connectivity index (χ2n) is 8.26. The van der Waals surface area contributed by atoms with Crippen molar-refractivity contribution in [2.24, 2.45) is 0 Å². The van der Waals surface area contributed by atoms with E-state index in [0.717, 1.165) is 24.2 Å². The summed E-state index contributed by atoms with van der Waals surface area (Å²) in [5.74, 6) is 0.562. The van der Waals surface area contributed by atoms with E-state index in [9.17, 15) is 9.59 Å². The van der Waals surface area contributed by atoms with Crippen LogP contribution in [0.1, 0.15) is 44.7 Å². The van der Waals surface area contributed by atoms with Crippen LogP contribution in [0, 0.1) is 6.92 Å². The van der Waals surface area contributed by atoms with Gasteiger partial charge >= 0.3 is 0 Å². The average Bonchev–Trinajstić information content (AvgIpc) is 3.07. The monoisotopic (exact) mass is 380 g/mol. The Bertz CT molecular complexity index is 866. The van der Waals surface area contributed by atoms with Crippen molar-refractivity contribution in [1.29, 1.82) is 0 Å². The summed E-state index contributed by atoms with van der Waals surface area (Å²) < 4.78 is 5.60. The van der Waals surface area contributed by atoms with E-state index in [1.807, 2.05) is 49.4 Å². The Hall–Kier alpha value is -2.82. The highest BCUT2D eigenvalue weighted by Gasteiger charge is 2.23. The highest BCUT2D eigenvalue weighted by molar-refractivity contribution is 5.98. The number of aryl methyl sites for hydroxylation is 1. The Morgan fingerprint density at radius 1 is 1.14 bits per heavy atom. The second kappa shape index (κ2) is 8.05. The summed E-state index contributed by atoms with van der Waals surface area (Å²) in [4.78, 5) is 26.1. The minimum absolute atomic E-state index is 0.0687. The molecule has 2 amide bonds. The number of anilines is 2. The molecule has 5 nitrogen and oxygen atoms in total. The van der Waals surface area contributed by atoms with Crippen LogP contribution in [0.5, 0.6) is 5.75 Å². The van der Waals surface area contributed by atoms with Gasteiger partial charge in [-0.25, -0.2) is 0 Å². The lowest BCUT2D eigenvalue weighted by Crippen LogP contribution is -2.25. The Kier molecular flexibility index (Phi) is 5.73. The first-order chi connectivity index (χ1) is 13.2. The smallest absolute Gasteiger partial charge is 0.262 e. The number of rotatable bonds is 5. The fourth-order valence-electron chi connectivity index (χ4n) is 3.28. The summed E-state index contributed by atoms with van der Waals surface area (Å²) in [6.07, 6.45) is 1.45. The summed E-state index contributed by atoms with van der Waals surface area (Å²) >= 11 is 0. The van der Waals surface area contributed by atoms with Crippen molar-refractivity contribution >= 4 is 23.2 Å². The molecule has 0 radical (unpaired) electrons. The SMILES string of the molecule is Cc1ccc(NC(=O)COc2ccc(C(C)(C)C)cc2)cc1N1CCCC1=O. The molecule has 148 valence electrons. The molecule has 0 spiro atoms. The maximum atomic E-state index is 12.3. The molecule has 0 atom stereocenters. The lowest BCUT2D eigenvalue weighted by Gasteiger charge is -2.20. The molecule has 1 aliphatic heterocycles. The van der Waals surface area contributed by atoms with Gasteiger partial charge in [-0.15, -0.1) is 0 Å². The van der Waals surface area contributed by atoms with Crippen LogP contribution in [0.3, 0.4) is 0 Å². The van der Waals surface area contributed by atoms with E-state index in [2.05, 4.69) is 26.1 Å². The van der Waals surface area contributed by atoms with Gasteiger partial charge in [-0.05, 0) is 54.2 Å². The lowest BCUT2D eigenvalue weighted by atomic mass is 9.87. The summed E-state index contributed by atoms with van der Waals surface area (Å²) in [5, 5.41) is 2.85. The summed E-state index contributed by atoms with van der Waals surface area (Å²) in [5.41, 5.74) is 3.84. The molecule has 1 saturated heterocycles. The molecule has 5 heteroatoms. The molecule has 0 unspecified atom stereocenters. The van der Waals surface area contributed by atoms with E-state index in [-0.39, 0.29) is 23.8 Å². The van der Waals surface area contributed by atoms with E-state index in [1.165, 1.54) is 5.56 Å². The molecule has 1 N–H and O–H groups in total. The molecular formula is C23H28N2O3. The first-order valence-electron chi connectivity index (χ1n) is 9.68. The van der Waals surface area contributed by atoms with Crippen LogP contribution in [-0.2, 0) is 15.0 Å². The molecule has 1 fully saturated rings. The van der Waals surface area contributed by atoms with Gasteiger partial charge in [-0.3, -0.25) is 9.59 Å². The van der Waals surface area contributed by atoms with Crippen molar-refractivity contribution in [2.45, 2.75) is 46.0 Å². The lowest BCUT2D eigenvalue weighted by molar-refractivity contribution is -0.118. The third-order valence-corrected chi connectivity index (χ3v) is 4.95. The largest absolute Gasteiger partial charge is 0.484 e. The fraction of sp³-hybridized carbons (Fsp3) is 0.391. The number of benzene rings is 2. The van der Waals surface area contributed by atoms with Crippen molar-refractivity contribution in [3.63, 3.8) is 0 Å². The number of nitrogens with one attached hydrogen (secondary N) is 1. The zero-order valence-electron chi connectivity index (χ0n) is 17.0. The van der Waals surface area contributed by atoms with Crippen molar-refractivity contribution in [1.82, 2.24) is 0 Å². The fourth-order valence-corrected chi connectivity index (χ4v) is 3.28. The maximum Gasteiger partial charge on any atom is 0.262 e. The molecule has 1 heterocycles. The zero-order chi connectivity index (χ0) is 20.3. The molecular weight excluding hydrogens is 352 g/mol. The molecule has 1 aliphatic rings. The van der Waals surface area contributed by atoms with Crippen LogP contribution >= 0.6 is 0 Å². The normalized spacial score (nSPS) is 14.3. The van der Waals surface area contributed by atoms with Crippen LogP contribution in [0.2, 0.25) is 0 Å². The molecule has 28 heavy (non-hydrogen) atoms. The van der Waals surface area contributed by atoms with Crippen molar-refractivity contribution in [3.8, 4) is 5.75 Å². The van der Waals surface area contributed by atoms with Crippen LogP contribution in [0.25, 0.3) is 0 Å². The van der Waals surface area contributed by atoms with E-state index >= 15 is 0 Å². The summed E-state index contributed by atoms with van der Waals surface area (Å²) in [6, 6.07) is 13.4. The van der Waals surface area contributed by atoms with Crippen LogP contribution in [0.15, 0.2) is 42.5 Å². The van der Waals surface area contributed by atoms with E-state index < -0.39 is 0 Å². The van der Waals surface area contributed by atoms with Crippen molar-refractivity contribution in [2.75, 3.05) is 23.4 Å². The molecule has 2 aromatic rings. The Labute approximate surface area is 166 Å². The van der Waals surface area contributed by atoms with Gasteiger partial charge in [-0.2, -0.15) is 0 Å². The highest BCUT2D eigenvalue weighted by Crippen LogP contribution is 2.28. The molecule has 0 bridgehead atoms. The third-order valence-electron chi connectivity index (χ3n) is 4.95. The Morgan fingerprint density at radius 3 is 2.46 bits per heavy atom. The number of nitrogens with zero attached hydrogens (tertiary/aromatic N) is 1. The second-order valence-corrected chi connectivity index (χ2v) is 8.26. The molecule has 0 aliphatic carbocycles. The molecule has 2 aromatic carbocycles. The maximum absolute atomic E-state index is 12.3. The van der Waals surface area contributed by atoms with Gasteiger partial charge in [0.15, 0.2) is 6.61 Å². The van der Waals surface area contributed by atoms with Crippen molar-refractivity contribution in [3.05, 3.63) is 53.6 Å². The first kappa shape index (κ1) is 19.9. The van der Waals surface area contributed by atoms with Crippen LogP contribution < -0.4 is 15.0 Å². The third kappa shape index (κ3) is 4.71. The average molecular weight is 380 g/mol. The van der Waals surface area contributed by atoms with Gasteiger partial charge < -0.3 is 15.0 Å². The number of amides is 2. The number of ether oxygens (including phenoxy) is 1. The molecule has 0 saturated carbocycles. The predicted octanol–water partition coefficient (Wildman–Crippen LogP) is 4.44. The van der Waals surface area contributed by atoms with E-state index in [0.29, 0.717) is 17.9 Å². The van der Waals surface area contributed by atoms with E-state index in [1.54, 1.807) is 4.90 Å². The number of carbonyl (C=O) groups is 2. The molecule has 3 rings (SSSR count). The van der Waals surface area contributed by atoms with Gasteiger partial charge in [0.2, 0.25) is 5.91 Å². The first-order valence-corrected chi connectivity index (χ1v) is 9.68. The standard InChI is InChI=1S/C23H28N2O3/c1-16-7-10-18(14-20(16)25-13-5-6-22(25)27)24-21(26)15-28-19-11-8-17(9-12-19)23(2,3)4/h7-12,14H,5-6,13,15H2,1-4H3,(H,24,26). The predicted molar refractivity (Wildman–Crippen MR) is 112 cm³/mol. The van der Waals surface area contributed by atoms with Gasteiger partial charge in [0.05, 0.1) is 0 Å². The number of carbonyl (C=O) groups excluding carboxylic acids is 2. The highest BCUT2D eigenvalue weighted by atomic mass is 16.5. The quantitative estimate of drug-likeness (QED) is 0.834. The Morgan fingerprint density at radius 2 is 1.86 bits per heavy atom. The van der Waals surface area contributed by atoms with E-state index in [4.69, 9.17) is 4.74 Å².